The zero-order valence-electron chi connectivity index (χ0n) is 21.0. The van der Waals surface area contributed by atoms with Crippen molar-refractivity contribution in [3.05, 3.63) is 87.0 Å². The molecule has 0 atom stereocenters. The molecule has 39 heavy (non-hydrogen) atoms. The minimum atomic E-state index is -4.52. The number of carbonyl (C=O) groups excluding carboxylic acids is 2. The largest absolute Gasteiger partial charge is 0.416 e. The van der Waals surface area contributed by atoms with Crippen LogP contribution in [0.25, 0.3) is 5.65 Å². The standard InChI is InChI=1S/C28H26F3N5O2S/c29-28(30,31)19-11-18(15-34-7-3-4-8-34)12-20(13-19)33-26(37)22-17-39-24-16-35(10-6-21(22)24)27(38)23-14-32-25-5-1-2-9-36(23)25/h1-2,5,9,11-14,17H,3-4,6-8,10,15-16H2,(H,33,37). The molecule has 0 aliphatic carbocycles. The lowest BCUT2D eigenvalue weighted by Crippen LogP contribution is -2.36. The van der Waals surface area contributed by atoms with Gasteiger partial charge in [0.05, 0.1) is 23.9 Å². The Morgan fingerprint density at radius 1 is 1.08 bits per heavy atom. The molecule has 3 aromatic heterocycles. The summed E-state index contributed by atoms with van der Waals surface area (Å²) >= 11 is 1.38. The maximum Gasteiger partial charge on any atom is 0.416 e. The second-order valence-electron chi connectivity index (χ2n) is 9.95. The van der Waals surface area contributed by atoms with Crippen LogP contribution in [0.5, 0.6) is 0 Å². The van der Waals surface area contributed by atoms with Crippen molar-refractivity contribution in [1.82, 2.24) is 19.2 Å². The normalized spacial score (nSPS) is 16.0. The number of anilines is 1. The summed E-state index contributed by atoms with van der Waals surface area (Å²) < 4.78 is 42.6. The van der Waals surface area contributed by atoms with Gasteiger partial charge in [0.2, 0.25) is 0 Å². The summed E-state index contributed by atoms with van der Waals surface area (Å²) in [7, 11) is 0. The fourth-order valence-corrected chi connectivity index (χ4v) is 6.46. The minimum absolute atomic E-state index is 0.129. The van der Waals surface area contributed by atoms with Crippen molar-refractivity contribution in [3.63, 3.8) is 0 Å². The Balaban J connectivity index is 1.19. The van der Waals surface area contributed by atoms with Gasteiger partial charge in [-0.2, -0.15) is 13.2 Å². The van der Waals surface area contributed by atoms with Crippen LogP contribution in [0.15, 0.2) is 54.2 Å². The van der Waals surface area contributed by atoms with E-state index < -0.39 is 17.6 Å². The maximum absolute atomic E-state index is 13.6. The molecule has 0 unspecified atom stereocenters. The van der Waals surface area contributed by atoms with E-state index >= 15 is 0 Å². The molecule has 0 saturated carbocycles. The molecule has 2 amide bonds. The van der Waals surface area contributed by atoms with Crippen LogP contribution in [0.2, 0.25) is 0 Å². The Morgan fingerprint density at radius 3 is 2.69 bits per heavy atom. The summed E-state index contributed by atoms with van der Waals surface area (Å²) in [5.41, 5.74) is 2.31. The zero-order valence-corrected chi connectivity index (χ0v) is 21.8. The summed E-state index contributed by atoms with van der Waals surface area (Å²) in [4.78, 5) is 35.5. The van der Waals surface area contributed by atoms with Crippen molar-refractivity contribution in [3.8, 4) is 0 Å². The molecule has 1 aromatic carbocycles. The first kappa shape index (κ1) is 25.6. The highest BCUT2D eigenvalue weighted by molar-refractivity contribution is 7.10. The number of benzene rings is 1. The van der Waals surface area contributed by atoms with Crippen LogP contribution >= 0.6 is 11.3 Å². The third-order valence-corrected chi connectivity index (χ3v) is 8.31. The Labute approximate surface area is 226 Å². The van der Waals surface area contributed by atoms with Crippen molar-refractivity contribution in [2.24, 2.45) is 0 Å². The van der Waals surface area contributed by atoms with Crippen molar-refractivity contribution in [2.45, 2.75) is 38.5 Å². The fourth-order valence-electron chi connectivity index (χ4n) is 5.36. The van der Waals surface area contributed by atoms with E-state index in [1.54, 1.807) is 33.1 Å². The van der Waals surface area contributed by atoms with Gasteiger partial charge in [-0.15, -0.1) is 11.3 Å². The monoisotopic (exact) mass is 553 g/mol. The molecule has 1 fully saturated rings. The number of aromatic nitrogens is 2. The number of thiophene rings is 1. The van der Waals surface area contributed by atoms with Gasteiger partial charge in [-0.1, -0.05) is 6.07 Å². The molecule has 1 saturated heterocycles. The summed E-state index contributed by atoms with van der Waals surface area (Å²) in [5.74, 6) is -0.589. The molecule has 7 nitrogen and oxygen atoms in total. The highest BCUT2D eigenvalue weighted by Gasteiger charge is 2.32. The van der Waals surface area contributed by atoms with Crippen LogP contribution in [0.4, 0.5) is 18.9 Å². The van der Waals surface area contributed by atoms with E-state index in [0.717, 1.165) is 48.5 Å². The molecule has 1 N–H and O–H groups in total. The highest BCUT2D eigenvalue weighted by atomic mass is 32.1. The maximum atomic E-state index is 13.6. The second kappa shape index (κ2) is 10.1. The molecular weight excluding hydrogens is 527 g/mol. The average molecular weight is 554 g/mol. The second-order valence-corrected chi connectivity index (χ2v) is 10.9. The number of halogens is 3. The van der Waals surface area contributed by atoms with Crippen molar-refractivity contribution >= 4 is 34.5 Å². The predicted molar refractivity (Wildman–Crippen MR) is 142 cm³/mol. The molecule has 5 heterocycles. The number of alkyl halides is 3. The van der Waals surface area contributed by atoms with Crippen molar-refractivity contribution < 1.29 is 22.8 Å². The van der Waals surface area contributed by atoms with E-state index in [9.17, 15) is 22.8 Å². The van der Waals surface area contributed by atoms with Gasteiger partial charge in [-0.25, -0.2) is 4.98 Å². The number of imidazole rings is 1. The lowest BCUT2D eigenvalue weighted by molar-refractivity contribution is -0.137. The van der Waals surface area contributed by atoms with Gasteiger partial charge < -0.3 is 10.2 Å². The number of nitrogens with one attached hydrogen (secondary N) is 1. The van der Waals surface area contributed by atoms with Crippen LogP contribution in [0.3, 0.4) is 0 Å². The van der Waals surface area contributed by atoms with Gasteiger partial charge in [0.1, 0.15) is 11.3 Å². The first-order chi connectivity index (χ1) is 18.8. The average Bonchev–Trinajstić information content (AvgIpc) is 3.67. The Hall–Kier alpha value is -3.70. The zero-order chi connectivity index (χ0) is 27.1. The van der Waals surface area contributed by atoms with Crippen LogP contribution in [-0.2, 0) is 25.7 Å². The number of pyridine rings is 1. The van der Waals surface area contributed by atoms with E-state index in [1.807, 2.05) is 18.2 Å². The number of fused-ring (bicyclic) bond motifs is 2. The smallest absolute Gasteiger partial charge is 0.332 e. The van der Waals surface area contributed by atoms with Gasteiger partial charge >= 0.3 is 6.18 Å². The summed E-state index contributed by atoms with van der Waals surface area (Å²) in [6.07, 6.45) is 1.39. The van der Waals surface area contributed by atoms with E-state index in [4.69, 9.17) is 0 Å². The number of hydrogen-bond donors (Lipinski definition) is 1. The molecule has 0 bridgehead atoms. The molecule has 0 radical (unpaired) electrons. The van der Waals surface area contributed by atoms with E-state index in [-0.39, 0.29) is 11.6 Å². The van der Waals surface area contributed by atoms with Gasteiger partial charge in [0.25, 0.3) is 11.8 Å². The minimum Gasteiger partial charge on any atom is -0.332 e. The van der Waals surface area contributed by atoms with E-state index in [0.29, 0.717) is 48.5 Å². The van der Waals surface area contributed by atoms with Gasteiger partial charge in [-0.3, -0.25) is 18.9 Å². The van der Waals surface area contributed by atoms with Gasteiger partial charge in [0, 0.05) is 35.2 Å². The fraction of sp³-hybridized carbons (Fsp3) is 0.321. The SMILES string of the molecule is O=C(Nc1cc(CN2CCCC2)cc(C(F)(F)F)c1)c1csc2c1CCN(C(=O)c1cnc3ccccn13)C2. The first-order valence-corrected chi connectivity index (χ1v) is 13.7. The molecule has 6 rings (SSSR count). The molecule has 4 aromatic rings. The van der Waals surface area contributed by atoms with E-state index in [1.165, 1.54) is 11.3 Å². The van der Waals surface area contributed by atoms with Gasteiger partial charge in [0.15, 0.2) is 0 Å². The third-order valence-electron chi connectivity index (χ3n) is 7.30. The van der Waals surface area contributed by atoms with E-state index in [2.05, 4.69) is 15.2 Å². The number of likely N-dealkylation sites (tertiary alicyclic amines) is 1. The Kier molecular flexibility index (Phi) is 6.64. The van der Waals surface area contributed by atoms with Gasteiger partial charge in [-0.05, 0) is 73.8 Å². The molecule has 11 heteroatoms. The number of hydrogen-bond acceptors (Lipinski definition) is 5. The number of amides is 2. The Morgan fingerprint density at radius 2 is 1.90 bits per heavy atom. The van der Waals surface area contributed by atoms with Crippen molar-refractivity contribution in [1.29, 1.82) is 0 Å². The number of rotatable bonds is 5. The van der Waals surface area contributed by atoms with Crippen molar-refractivity contribution in [2.75, 3.05) is 25.0 Å². The molecule has 202 valence electrons. The first-order valence-electron chi connectivity index (χ1n) is 12.8. The molecule has 2 aliphatic heterocycles. The summed E-state index contributed by atoms with van der Waals surface area (Å²) in [6, 6.07) is 9.30. The third kappa shape index (κ3) is 5.16. The summed E-state index contributed by atoms with van der Waals surface area (Å²) in [6.45, 7) is 2.91. The van der Waals surface area contributed by atoms with Crippen LogP contribution in [0.1, 0.15) is 55.3 Å². The quantitative estimate of drug-likeness (QED) is 0.356. The Bertz CT molecular complexity index is 1550. The molecular formula is C28H26F3N5O2S. The van der Waals surface area contributed by atoms with Crippen LogP contribution < -0.4 is 5.32 Å². The molecule has 2 aliphatic rings. The number of carbonyl (C=O) groups is 2. The van der Waals surface area contributed by atoms with Crippen LogP contribution in [-0.4, -0.2) is 50.6 Å². The lowest BCUT2D eigenvalue weighted by Gasteiger charge is -2.27. The number of nitrogens with zero attached hydrogens (tertiary/aromatic N) is 4. The topological polar surface area (TPSA) is 70.0 Å². The highest BCUT2D eigenvalue weighted by Crippen LogP contribution is 2.34. The summed E-state index contributed by atoms with van der Waals surface area (Å²) in [5, 5.41) is 4.43. The van der Waals surface area contributed by atoms with Crippen LogP contribution in [0, 0.1) is 0 Å². The predicted octanol–water partition coefficient (Wildman–Crippen LogP) is 5.46. The molecule has 0 spiro atoms. The lowest BCUT2D eigenvalue weighted by atomic mass is 10.0.